The predicted octanol–water partition coefficient (Wildman–Crippen LogP) is 22.1. The maximum Gasteiger partial charge on any atom is 0.278 e. The molecule has 0 radical (unpaired) electrons. The van der Waals surface area contributed by atoms with E-state index in [1.807, 2.05) is 0 Å². The summed E-state index contributed by atoms with van der Waals surface area (Å²) in [5.74, 6) is 0.807. The number of hydrogen-bond acceptors (Lipinski definition) is 6. The number of benzene rings is 1. The summed E-state index contributed by atoms with van der Waals surface area (Å²) < 4.78 is 4.19. The highest BCUT2D eigenvalue weighted by atomic mass is 32.1. The Hall–Kier alpha value is -3.10. The quantitative estimate of drug-likeness (QED) is 0.0288. The molecule has 4 aromatic heterocycles. The van der Waals surface area contributed by atoms with Crippen LogP contribution in [0.25, 0.3) is 43.2 Å². The molecule has 6 nitrogen and oxygen atoms in total. The summed E-state index contributed by atoms with van der Waals surface area (Å²) >= 11 is 3.31. The molecule has 0 saturated heterocycles. The minimum Gasteiger partial charge on any atom is -0.304 e. The summed E-state index contributed by atoms with van der Waals surface area (Å²) in [5, 5.41) is 0. The zero-order valence-electron chi connectivity index (χ0n) is 49.7. The highest BCUT2D eigenvalue weighted by molar-refractivity contribution is 7.15. The molecule has 2 unspecified atom stereocenters. The highest BCUT2D eigenvalue weighted by Gasteiger charge is 2.23. The largest absolute Gasteiger partial charge is 0.304 e. The van der Waals surface area contributed by atoms with E-state index in [0.717, 1.165) is 57.5 Å². The van der Waals surface area contributed by atoms with Gasteiger partial charge < -0.3 is 9.13 Å². The number of unbranched alkanes of at least 4 members (excludes halogenated alkanes) is 32. The molecule has 0 amide bonds. The van der Waals surface area contributed by atoms with Crippen LogP contribution in [0.1, 0.15) is 294 Å². The van der Waals surface area contributed by atoms with Gasteiger partial charge in [0.15, 0.2) is 0 Å². The van der Waals surface area contributed by atoms with Gasteiger partial charge >= 0.3 is 0 Å². The molecule has 4 heterocycles. The van der Waals surface area contributed by atoms with Gasteiger partial charge in [-0.25, -0.2) is 9.97 Å². The molecule has 0 aliphatic heterocycles. The lowest BCUT2D eigenvalue weighted by atomic mass is 9.93. The van der Waals surface area contributed by atoms with Gasteiger partial charge in [-0.1, -0.05) is 259 Å². The van der Waals surface area contributed by atoms with Crippen molar-refractivity contribution in [1.82, 2.24) is 19.1 Å². The van der Waals surface area contributed by atoms with E-state index in [2.05, 4.69) is 87.1 Å². The summed E-state index contributed by atoms with van der Waals surface area (Å²) in [7, 11) is 0. The van der Waals surface area contributed by atoms with Crippen LogP contribution in [0.15, 0.2) is 46.0 Å². The number of fused-ring (bicyclic) bond motifs is 2. The summed E-state index contributed by atoms with van der Waals surface area (Å²) in [6.45, 7) is 14.8. The van der Waals surface area contributed by atoms with Gasteiger partial charge in [-0.2, -0.15) is 0 Å². The van der Waals surface area contributed by atoms with Gasteiger partial charge in [0.05, 0.1) is 31.8 Å². The fourth-order valence-corrected chi connectivity index (χ4v) is 13.6. The second-order valence-electron chi connectivity index (χ2n) is 23.6. The highest BCUT2D eigenvalue weighted by Crippen LogP contribution is 2.32. The summed E-state index contributed by atoms with van der Waals surface area (Å²) in [4.78, 5) is 45.1. The van der Waals surface area contributed by atoms with Gasteiger partial charge in [-0.15, -0.1) is 22.7 Å². The van der Waals surface area contributed by atoms with Gasteiger partial charge in [-0.05, 0) is 87.8 Å². The minimum absolute atomic E-state index is 0.00189. The van der Waals surface area contributed by atoms with Crippen molar-refractivity contribution in [2.75, 3.05) is 0 Å². The Morgan fingerprint density at radius 2 is 0.618 bits per heavy atom. The molecular weight excluding hydrogens is 969 g/mol. The van der Waals surface area contributed by atoms with Crippen LogP contribution in [0.2, 0.25) is 0 Å². The molecule has 0 spiro atoms. The van der Waals surface area contributed by atoms with Crippen molar-refractivity contribution in [1.29, 1.82) is 0 Å². The number of aromatic nitrogens is 4. The van der Waals surface area contributed by atoms with Crippen molar-refractivity contribution in [2.24, 2.45) is 11.8 Å². The molecule has 1 aromatic carbocycles. The number of hydrogen-bond donors (Lipinski definition) is 0. The maximum absolute atomic E-state index is 15.1. The first kappa shape index (κ1) is 63.7. The molecular formula is C68H110N4O2S2. The van der Waals surface area contributed by atoms with E-state index in [0.29, 0.717) is 36.3 Å². The zero-order chi connectivity index (χ0) is 54.0. The van der Waals surface area contributed by atoms with Gasteiger partial charge in [-0.3, -0.25) is 9.59 Å². The van der Waals surface area contributed by atoms with Gasteiger partial charge in [0.2, 0.25) is 0 Å². The zero-order valence-corrected chi connectivity index (χ0v) is 51.4. The Morgan fingerprint density at radius 3 is 0.855 bits per heavy atom. The molecule has 426 valence electrons. The second kappa shape index (κ2) is 38.5. The lowest BCUT2D eigenvalue weighted by Gasteiger charge is -2.22. The average molecular weight is 1080 g/mol. The number of thiophene rings is 2. The third-order valence-corrected chi connectivity index (χ3v) is 18.7. The molecule has 8 heteroatoms. The monoisotopic (exact) mass is 1080 g/mol. The molecule has 0 N–H and O–H groups in total. The van der Waals surface area contributed by atoms with Crippen LogP contribution in [-0.4, -0.2) is 19.1 Å². The fourth-order valence-electron chi connectivity index (χ4n) is 11.9. The molecule has 76 heavy (non-hydrogen) atoms. The average Bonchev–Trinajstić information content (AvgIpc) is 4.08. The van der Waals surface area contributed by atoms with Crippen LogP contribution in [0.4, 0.5) is 0 Å². The standard InChI is InChI=1S/C68H110N4O2S2/c1-7-11-15-19-23-27-29-33-37-41-45-57(43-39-35-31-25-21-17-13-9-3)53-71-61-51-60-62(52-59(61)69-65(67(71)73)63-49-47-55(5)75-63)72(68(74)66(70-60)64-50-48-56(6)76-64)54-58(44-40-36-32-26-22-18-14-10-4)46-42-38-34-30-28-24-20-16-12-8-2/h47-52,57-58H,7-46,53-54H2,1-6H3. The molecule has 0 aliphatic rings. The summed E-state index contributed by atoms with van der Waals surface area (Å²) in [6.07, 6.45) is 52.1. The molecule has 0 bridgehead atoms. The number of nitrogens with zero attached hydrogens (tertiary/aromatic N) is 4. The van der Waals surface area contributed by atoms with E-state index >= 15 is 9.59 Å². The van der Waals surface area contributed by atoms with Crippen molar-refractivity contribution in [3.8, 4) is 21.1 Å². The Morgan fingerprint density at radius 1 is 0.368 bits per heavy atom. The first-order chi connectivity index (χ1) is 37.3. The predicted molar refractivity (Wildman–Crippen MR) is 336 cm³/mol. The van der Waals surface area contributed by atoms with Crippen LogP contribution in [-0.2, 0) is 13.1 Å². The molecule has 2 atom stereocenters. The van der Waals surface area contributed by atoms with Crippen LogP contribution >= 0.6 is 22.7 Å². The number of aryl methyl sites for hydroxylation is 2. The first-order valence-corrected chi connectivity index (χ1v) is 34.0. The second-order valence-corrected chi connectivity index (χ2v) is 26.2. The molecule has 5 aromatic rings. The smallest absolute Gasteiger partial charge is 0.278 e. The molecule has 0 fully saturated rings. The van der Waals surface area contributed by atoms with Crippen molar-refractivity contribution in [3.05, 3.63) is 66.9 Å². The third kappa shape index (κ3) is 22.9. The van der Waals surface area contributed by atoms with E-state index in [-0.39, 0.29) is 11.1 Å². The Labute approximate surface area is 472 Å². The van der Waals surface area contributed by atoms with Crippen LogP contribution < -0.4 is 11.1 Å². The van der Waals surface area contributed by atoms with E-state index < -0.39 is 0 Å². The van der Waals surface area contributed by atoms with E-state index in [9.17, 15) is 0 Å². The molecule has 0 saturated carbocycles. The Kier molecular flexibility index (Phi) is 32.3. The lowest BCUT2D eigenvalue weighted by molar-refractivity contribution is 0.356. The minimum atomic E-state index is 0.00189. The third-order valence-electron chi connectivity index (χ3n) is 16.7. The van der Waals surface area contributed by atoms with Gasteiger partial charge in [0.1, 0.15) is 11.4 Å². The molecule has 0 aliphatic carbocycles. The van der Waals surface area contributed by atoms with Crippen LogP contribution in [0.5, 0.6) is 0 Å². The SMILES string of the molecule is CCCCCCCCCCCCC(CCCCCCCCCC)Cn1c(=O)c(-c2ccc(C)s2)nc2cc3c(cc21)nc(-c1ccc(C)s1)c(=O)n3CC(CCCCCCCCCC)CCCCCCCCCCCC. The van der Waals surface area contributed by atoms with E-state index in [1.54, 1.807) is 22.7 Å². The van der Waals surface area contributed by atoms with Crippen molar-refractivity contribution in [2.45, 2.75) is 311 Å². The van der Waals surface area contributed by atoms with Crippen molar-refractivity contribution in [3.63, 3.8) is 0 Å². The fraction of sp³-hybridized carbons (Fsp3) is 0.735. The number of rotatable bonds is 46. The topological polar surface area (TPSA) is 69.8 Å². The maximum atomic E-state index is 15.1. The Balaban J connectivity index is 1.49. The van der Waals surface area contributed by atoms with Crippen LogP contribution in [0, 0.1) is 25.7 Å². The summed E-state index contributed by atoms with van der Waals surface area (Å²) in [5.41, 5.74) is 4.37. The van der Waals surface area contributed by atoms with Crippen LogP contribution in [0.3, 0.4) is 0 Å². The van der Waals surface area contributed by atoms with Gasteiger partial charge in [0, 0.05) is 22.8 Å². The van der Waals surface area contributed by atoms with E-state index in [4.69, 9.17) is 9.97 Å². The van der Waals surface area contributed by atoms with E-state index in [1.165, 1.54) is 241 Å². The lowest BCUT2D eigenvalue weighted by Crippen LogP contribution is -2.28. The first-order valence-electron chi connectivity index (χ1n) is 32.4. The Bertz CT molecular complexity index is 2260. The van der Waals surface area contributed by atoms with Crippen molar-refractivity contribution >= 4 is 44.7 Å². The van der Waals surface area contributed by atoms with Crippen molar-refractivity contribution < 1.29 is 0 Å². The van der Waals surface area contributed by atoms with Gasteiger partial charge in [0.25, 0.3) is 11.1 Å². The normalized spacial score (nSPS) is 12.7. The molecule has 5 rings (SSSR count). The summed E-state index contributed by atoms with van der Waals surface area (Å²) in [6, 6.07) is 12.7.